The molecule has 74 valence electrons. The fourth-order valence-electron chi connectivity index (χ4n) is 1.12. The number of rotatable bonds is 4. The van der Waals surface area contributed by atoms with Gasteiger partial charge in [0.05, 0.1) is 0 Å². The zero-order chi connectivity index (χ0) is 9.99. The predicted octanol–water partition coefficient (Wildman–Crippen LogP) is -0.657. The third-order valence-corrected chi connectivity index (χ3v) is 2.49. The van der Waals surface area contributed by atoms with E-state index in [1.165, 1.54) is 0 Å². The van der Waals surface area contributed by atoms with Gasteiger partial charge in [0.1, 0.15) is 0 Å². The minimum absolute atomic E-state index is 0.238. The second-order valence-corrected chi connectivity index (χ2v) is 5.60. The normalized spacial score (nSPS) is 16.2. The third-order valence-electron chi connectivity index (χ3n) is 1.20. The van der Waals surface area contributed by atoms with E-state index >= 15 is 0 Å². The molecule has 0 spiro atoms. The first-order valence-corrected chi connectivity index (χ1v) is 6.41. The molecule has 0 aliphatic carbocycles. The van der Waals surface area contributed by atoms with Crippen LogP contribution in [0.4, 0.5) is 0 Å². The fraction of sp³-hybridized carbons (Fsp3) is 1.00. The van der Waals surface area contributed by atoms with Crippen molar-refractivity contribution in [1.82, 2.24) is 0 Å². The van der Waals surface area contributed by atoms with Gasteiger partial charge in [-0.1, -0.05) is 0 Å². The molecule has 0 rings (SSSR count). The van der Waals surface area contributed by atoms with Gasteiger partial charge in [-0.25, -0.2) is 0 Å². The summed E-state index contributed by atoms with van der Waals surface area (Å²) in [6.07, 6.45) is -0.369. The summed E-state index contributed by atoms with van der Waals surface area (Å²) < 4.78 is 30.6. The van der Waals surface area contributed by atoms with Gasteiger partial charge in [-0.05, 0) is 0 Å². The van der Waals surface area contributed by atoms with Crippen molar-refractivity contribution in [3.05, 3.63) is 0 Å². The molecule has 0 aliphatic heterocycles. The van der Waals surface area contributed by atoms with Gasteiger partial charge in [0.25, 0.3) is 0 Å². The zero-order valence-corrected chi connectivity index (χ0v) is 9.04. The predicted molar refractivity (Wildman–Crippen MR) is 38.1 cm³/mol. The van der Waals surface area contributed by atoms with E-state index < -0.39 is 29.8 Å². The Bertz CT molecular complexity index is 139. The molecular formula is C6H16O5Ti. The molecule has 0 aromatic heterocycles. The van der Waals surface area contributed by atoms with Crippen molar-refractivity contribution >= 4 is 0 Å². The van der Waals surface area contributed by atoms with Crippen molar-refractivity contribution in [1.29, 1.82) is 0 Å². The van der Waals surface area contributed by atoms with Gasteiger partial charge in [-0.15, -0.1) is 0 Å². The van der Waals surface area contributed by atoms with Crippen LogP contribution >= 0.6 is 0 Å². The van der Waals surface area contributed by atoms with Gasteiger partial charge < -0.3 is 0 Å². The molecule has 1 atom stereocenters. The maximum atomic E-state index is 8.98. The second-order valence-electron chi connectivity index (χ2n) is 3.49. The molecule has 0 fully saturated rings. The van der Waals surface area contributed by atoms with Crippen molar-refractivity contribution in [3.63, 3.8) is 0 Å². The summed E-state index contributed by atoms with van der Waals surface area (Å²) in [5, 5.41) is 8.98. The van der Waals surface area contributed by atoms with E-state index in [0.717, 1.165) is 0 Å². The SMILES string of the molecule is CC(O)CC(C)(C)[O][Ti]([OH])([OH])[OH]. The summed E-state index contributed by atoms with van der Waals surface area (Å²) in [5.41, 5.74) is -0.910. The molecule has 5 nitrogen and oxygen atoms in total. The van der Waals surface area contributed by atoms with Gasteiger partial charge in [-0.2, -0.15) is 0 Å². The van der Waals surface area contributed by atoms with Crippen LogP contribution in [-0.4, -0.2) is 27.9 Å². The minimum atomic E-state index is -4.94. The van der Waals surface area contributed by atoms with Crippen molar-refractivity contribution in [2.75, 3.05) is 0 Å². The first-order chi connectivity index (χ1) is 5.12. The standard InChI is InChI=1S/C6H13O2.3H2O.Ti/c1-5(7)4-6(2,3)8;;;;/h5,7H,4H2,1-3H3;3*1H2;/q-1;;;;+4/p-3. The maximum absolute atomic E-state index is 8.98. The number of aliphatic hydroxyl groups is 1. The molecule has 0 radical (unpaired) electrons. The van der Waals surface area contributed by atoms with Crippen LogP contribution in [0.5, 0.6) is 0 Å². The van der Waals surface area contributed by atoms with Crippen molar-refractivity contribution in [2.24, 2.45) is 0 Å². The van der Waals surface area contributed by atoms with Crippen LogP contribution < -0.4 is 0 Å². The molecular weight excluding hydrogens is 200 g/mol. The molecule has 0 aromatic rings. The third kappa shape index (κ3) is 7.18. The molecule has 0 bridgehead atoms. The Labute approximate surface area is 76.9 Å². The molecule has 0 saturated heterocycles. The van der Waals surface area contributed by atoms with Crippen LogP contribution in [0.15, 0.2) is 0 Å². The molecule has 0 aromatic carbocycles. The van der Waals surface area contributed by atoms with E-state index in [1.807, 2.05) is 0 Å². The molecule has 0 heterocycles. The Hall–Kier alpha value is 0.514. The average molecular weight is 216 g/mol. The molecule has 0 amide bonds. The molecule has 12 heavy (non-hydrogen) atoms. The van der Waals surface area contributed by atoms with Gasteiger partial charge in [-0.3, -0.25) is 0 Å². The van der Waals surface area contributed by atoms with Gasteiger partial charge in [0.2, 0.25) is 0 Å². The summed E-state index contributed by atoms with van der Waals surface area (Å²) in [5.74, 6) is 0. The summed E-state index contributed by atoms with van der Waals surface area (Å²) in [6.45, 7) is 4.71. The van der Waals surface area contributed by atoms with E-state index in [0.29, 0.717) is 0 Å². The summed E-state index contributed by atoms with van der Waals surface area (Å²) >= 11 is -4.94. The molecule has 0 saturated carbocycles. The summed E-state index contributed by atoms with van der Waals surface area (Å²) in [7, 11) is 0. The topological polar surface area (TPSA) is 90.2 Å². The average Bonchev–Trinajstić information content (AvgIpc) is 1.48. The van der Waals surface area contributed by atoms with E-state index in [4.69, 9.17) is 16.2 Å². The second kappa shape index (κ2) is 4.15. The van der Waals surface area contributed by atoms with Gasteiger partial charge in [0, 0.05) is 0 Å². The zero-order valence-electron chi connectivity index (χ0n) is 7.48. The Morgan fingerprint density at radius 3 is 2.00 bits per heavy atom. The Morgan fingerprint density at radius 1 is 1.33 bits per heavy atom. The van der Waals surface area contributed by atoms with Crippen LogP contribution in [0.3, 0.4) is 0 Å². The van der Waals surface area contributed by atoms with Crippen LogP contribution in [0.25, 0.3) is 0 Å². The van der Waals surface area contributed by atoms with E-state index in [2.05, 4.69) is 3.32 Å². The Kier molecular flexibility index (Phi) is 4.33. The van der Waals surface area contributed by atoms with Crippen LogP contribution in [-0.2, 0) is 21.5 Å². The van der Waals surface area contributed by atoms with E-state index in [-0.39, 0.29) is 6.42 Å². The van der Waals surface area contributed by atoms with Crippen LogP contribution in [0.2, 0.25) is 0 Å². The molecule has 0 aliphatic rings. The van der Waals surface area contributed by atoms with E-state index in [1.54, 1.807) is 20.8 Å². The van der Waals surface area contributed by atoms with Crippen LogP contribution in [0.1, 0.15) is 27.2 Å². The molecule has 6 heteroatoms. The molecule has 4 N–H and O–H groups in total. The van der Waals surface area contributed by atoms with E-state index in [9.17, 15) is 0 Å². The first kappa shape index (κ1) is 12.5. The van der Waals surface area contributed by atoms with Gasteiger partial charge >= 0.3 is 76.5 Å². The monoisotopic (exact) mass is 216 g/mol. The van der Waals surface area contributed by atoms with Crippen molar-refractivity contribution in [3.8, 4) is 0 Å². The van der Waals surface area contributed by atoms with Crippen molar-refractivity contribution < 1.29 is 37.6 Å². The summed E-state index contributed by atoms with van der Waals surface area (Å²) in [4.78, 5) is 0. The fourth-order valence-corrected chi connectivity index (χ4v) is 2.41. The molecule has 1 unspecified atom stereocenters. The number of hydrogen-bond donors (Lipinski definition) is 4. The van der Waals surface area contributed by atoms with Crippen molar-refractivity contribution in [2.45, 2.75) is 38.9 Å². The summed E-state index contributed by atoms with van der Waals surface area (Å²) in [6, 6.07) is 0. The van der Waals surface area contributed by atoms with Gasteiger partial charge in [0.15, 0.2) is 0 Å². The number of hydrogen-bond acceptors (Lipinski definition) is 5. The number of aliphatic hydroxyl groups excluding tert-OH is 1. The quantitative estimate of drug-likeness (QED) is 0.468. The Balaban J connectivity index is 4.04. The Morgan fingerprint density at radius 2 is 1.75 bits per heavy atom. The van der Waals surface area contributed by atoms with Crippen LogP contribution in [0, 0.1) is 0 Å². The first-order valence-electron chi connectivity index (χ1n) is 3.68.